The lowest BCUT2D eigenvalue weighted by Gasteiger charge is -2.26. The van der Waals surface area contributed by atoms with E-state index in [0.717, 1.165) is 17.0 Å². The van der Waals surface area contributed by atoms with Gasteiger partial charge in [-0.3, -0.25) is 14.5 Å². The molecule has 0 saturated carbocycles. The number of halogens is 4. The first-order valence-electron chi connectivity index (χ1n) is 10.2. The monoisotopic (exact) mass is 503 g/mol. The number of amides is 1. The topological polar surface area (TPSA) is 76.1 Å². The molecule has 1 saturated heterocycles. The zero-order valence-corrected chi connectivity index (χ0v) is 18.8. The predicted molar refractivity (Wildman–Crippen MR) is 122 cm³/mol. The molecule has 0 bridgehead atoms. The quantitative estimate of drug-likeness (QED) is 0.267. The zero-order chi connectivity index (χ0) is 25.3. The van der Waals surface area contributed by atoms with E-state index >= 15 is 0 Å². The Hall–Kier alpha value is -3.98. The van der Waals surface area contributed by atoms with Gasteiger partial charge in [-0.15, -0.1) is 13.2 Å². The van der Waals surface area contributed by atoms with Crippen molar-refractivity contribution in [2.45, 2.75) is 12.4 Å². The number of anilines is 1. The molecule has 3 aromatic rings. The lowest BCUT2D eigenvalue weighted by atomic mass is 9.95. The van der Waals surface area contributed by atoms with Crippen LogP contribution in [0.3, 0.4) is 0 Å². The summed E-state index contributed by atoms with van der Waals surface area (Å²) in [4.78, 5) is 27.4. The lowest BCUT2D eigenvalue weighted by molar-refractivity contribution is -0.274. The number of alkyl halides is 3. The van der Waals surface area contributed by atoms with Crippen molar-refractivity contribution in [1.82, 2.24) is 0 Å². The van der Waals surface area contributed by atoms with E-state index in [4.69, 9.17) is 16.3 Å². The number of ketones is 1. The number of aliphatic hydroxyl groups excluding tert-OH is 1. The molecule has 0 radical (unpaired) electrons. The van der Waals surface area contributed by atoms with E-state index < -0.39 is 35.6 Å². The van der Waals surface area contributed by atoms with E-state index in [-0.39, 0.29) is 16.8 Å². The van der Waals surface area contributed by atoms with Crippen molar-refractivity contribution >= 4 is 34.7 Å². The summed E-state index contributed by atoms with van der Waals surface area (Å²) >= 11 is 6.03. The minimum Gasteiger partial charge on any atom is -0.507 e. The Morgan fingerprint density at radius 1 is 0.971 bits per heavy atom. The van der Waals surface area contributed by atoms with Gasteiger partial charge >= 0.3 is 6.36 Å². The van der Waals surface area contributed by atoms with Gasteiger partial charge in [0, 0.05) is 16.3 Å². The molecule has 1 aliphatic rings. The average Bonchev–Trinajstić information content (AvgIpc) is 3.08. The first-order valence-corrected chi connectivity index (χ1v) is 10.5. The van der Waals surface area contributed by atoms with E-state index in [0.29, 0.717) is 16.3 Å². The number of ether oxygens (including phenoxy) is 2. The van der Waals surface area contributed by atoms with E-state index in [1.165, 1.54) is 31.4 Å². The maximum atomic E-state index is 13.1. The van der Waals surface area contributed by atoms with Gasteiger partial charge in [-0.05, 0) is 54.1 Å². The van der Waals surface area contributed by atoms with E-state index in [1.807, 2.05) is 0 Å². The van der Waals surface area contributed by atoms with E-state index in [2.05, 4.69) is 4.74 Å². The number of carbonyl (C=O) groups excluding carboxylic acids is 2. The number of hydrogen-bond acceptors (Lipinski definition) is 5. The van der Waals surface area contributed by atoms with Crippen LogP contribution < -0.4 is 14.4 Å². The fraction of sp³-hybridized carbons (Fsp3) is 0.120. The van der Waals surface area contributed by atoms with Crippen molar-refractivity contribution in [3.8, 4) is 11.5 Å². The molecule has 0 aromatic heterocycles. The molecule has 4 rings (SSSR count). The molecular formula is C25H17ClF3NO5. The standard InChI is InChI=1S/C25H17ClF3NO5/c1-34-19-7-3-4-14(13-19)21-20(22(31)15-5-2-6-16(26)12-15)23(32)24(33)30(21)17-8-10-18(11-9-17)35-25(27,28)29/h2-13,21,31H,1H3/b22-20-. The highest BCUT2D eigenvalue weighted by Crippen LogP contribution is 2.43. The van der Waals surface area contributed by atoms with Gasteiger partial charge in [-0.1, -0.05) is 35.9 Å². The number of hydrogen-bond donors (Lipinski definition) is 1. The van der Waals surface area contributed by atoms with E-state index in [9.17, 15) is 27.9 Å². The van der Waals surface area contributed by atoms with Gasteiger partial charge in [0.2, 0.25) is 0 Å². The summed E-state index contributed by atoms with van der Waals surface area (Å²) in [6.07, 6.45) is -4.89. The van der Waals surface area contributed by atoms with Crippen molar-refractivity contribution < 1.29 is 37.3 Å². The Morgan fingerprint density at radius 3 is 2.29 bits per heavy atom. The fourth-order valence-electron chi connectivity index (χ4n) is 3.83. The summed E-state index contributed by atoms with van der Waals surface area (Å²) in [6, 6.07) is 16.1. The summed E-state index contributed by atoms with van der Waals surface area (Å²) < 4.78 is 46.8. The van der Waals surface area contributed by atoms with Crippen molar-refractivity contribution in [1.29, 1.82) is 0 Å². The highest BCUT2D eigenvalue weighted by atomic mass is 35.5. The summed E-state index contributed by atoms with van der Waals surface area (Å²) in [7, 11) is 1.45. The largest absolute Gasteiger partial charge is 0.573 e. The van der Waals surface area contributed by atoms with E-state index in [1.54, 1.807) is 36.4 Å². The minimum atomic E-state index is -4.89. The van der Waals surface area contributed by atoms with Crippen LogP contribution in [0.1, 0.15) is 17.2 Å². The molecule has 1 unspecified atom stereocenters. The van der Waals surface area contributed by atoms with Crippen LogP contribution in [0.25, 0.3) is 5.76 Å². The first-order chi connectivity index (χ1) is 16.6. The van der Waals surface area contributed by atoms with Gasteiger partial charge in [0.25, 0.3) is 11.7 Å². The number of methoxy groups -OCH3 is 1. The van der Waals surface area contributed by atoms with Gasteiger partial charge in [-0.2, -0.15) is 0 Å². The molecule has 180 valence electrons. The minimum absolute atomic E-state index is 0.125. The Balaban J connectivity index is 1.88. The van der Waals surface area contributed by atoms with Gasteiger partial charge in [0.05, 0.1) is 18.7 Å². The predicted octanol–water partition coefficient (Wildman–Crippen LogP) is 5.87. The van der Waals surface area contributed by atoms with Crippen molar-refractivity contribution in [3.63, 3.8) is 0 Å². The van der Waals surface area contributed by atoms with Crippen LogP contribution in [0.5, 0.6) is 11.5 Å². The third-order valence-corrected chi connectivity index (χ3v) is 5.54. The molecule has 10 heteroatoms. The second-order valence-corrected chi connectivity index (χ2v) is 7.93. The van der Waals surface area contributed by atoms with Crippen LogP contribution in [0, 0.1) is 0 Å². The van der Waals surface area contributed by atoms with Gasteiger partial charge in [0.15, 0.2) is 0 Å². The molecule has 1 aliphatic heterocycles. The number of aliphatic hydroxyl groups is 1. The molecule has 1 N–H and O–H groups in total. The van der Waals surface area contributed by atoms with Crippen LogP contribution in [0.4, 0.5) is 18.9 Å². The molecule has 1 heterocycles. The highest BCUT2D eigenvalue weighted by Gasteiger charge is 2.47. The van der Waals surface area contributed by atoms with Crippen molar-refractivity contribution in [2.75, 3.05) is 12.0 Å². The van der Waals surface area contributed by atoms with Crippen molar-refractivity contribution in [3.05, 3.63) is 94.5 Å². The number of Topliss-reactive ketones (excluding diaryl/α,β-unsaturated/α-hetero) is 1. The first kappa shape index (κ1) is 24.2. The summed E-state index contributed by atoms with van der Waals surface area (Å²) in [5, 5.41) is 11.4. The number of nitrogens with zero attached hydrogens (tertiary/aromatic N) is 1. The fourth-order valence-corrected chi connectivity index (χ4v) is 4.02. The Kier molecular flexibility index (Phi) is 6.45. The molecule has 6 nitrogen and oxygen atoms in total. The average molecular weight is 504 g/mol. The maximum absolute atomic E-state index is 13.1. The number of carbonyl (C=O) groups is 2. The molecule has 1 amide bonds. The summed E-state index contributed by atoms with van der Waals surface area (Å²) in [5.74, 6) is -2.44. The molecule has 1 atom stereocenters. The van der Waals surface area contributed by atoms with Crippen molar-refractivity contribution in [2.24, 2.45) is 0 Å². The third-order valence-electron chi connectivity index (χ3n) is 5.30. The summed E-state index contributed by atoms with van der Waals surface area (Å²) in [6.45, 7) is 0. The number of benzene rings is 3. The normalized spacial score (nSPS) is 17.5. The lowest BCUT2D eigenvalue weighted by Crippen LogP contribution is -2.29. The zero-order valence-electron chi connectivity index (χ0n) is 18.0. The maximum Gasteiger partial charge on any atom is 0.573 e. The molecule has 1 fully saturated rings. The third kappa shape index (κ3) is 4.95. The van der Waals surface area contributed by atoms with Crippen LogP contribution in [0.15, 0.2) is 78.4 Å². The SMILES string of the molecule is COc1cccc(C2/C(=C(/O)c3cccc(Cl)c3)C(=O)C(=O)N2c2ccc(OC(F)(F)F)cc2)c1. The Morgan fingerprint density at radius 2 is 1.66 bits per heavy atom. The van der Waals surface area contributed by atoms with Crippen LogP contribution in [-0.4, -0.2) is 30.3 Å². The number of rotatable bonds is 5. The molecule has 35 heavy (non-hydrogen) atoms. The molecular weight excluding hydrogens is 487 g/mol. The Labute approximate surface area is 202 Å². The highest BCUT2D eigenvalue weighted by molar-refractivity contribution is 6.51. The van der Waals surface area contributed by atoms with Crippen LogP contribution in [0.2, 0.25) is 5.02 Å². The second kappa shape index (κ2) is 9.34. The van der Waals surface area contributed by atoms with Crippen LogP contribution in [-0.2, 0) is 9.59 Å². The Bertz CT molecular complexity index is 1320. The van der Waals surface area contributed by atoms with Gasteiger partial charge < -0.3 is 14.6 Å². The summed E-state index contributed by atoms with van der Waals surface area (Å²) in [5.41, 5.74) is 0.570. The smallest absolute Gasteiger partial charge is 0.507 e. The van der Waals surface area contributed by atoms with Gasteiger partial charge in [0.1, 0.15) is 17.3 Å². The van der Waals surface area contributed by atoms with Crippen LogP contribution >= 0.6 is 11.6 Å². The second-order valence-electron chi connectivity index (χ2n) is 7.50. The van der Waals surface area contributed by atoms with Gasteiger partial charge in [-0.25, -0.2) is 0 Å². The molecule has 3 aromatic carbocycles. The molecule has 0 spiro atoms. The molecule has 0 aliphatic carbocycles.